The summed E-state index contributed by atoms with van der Waals surface area (Å²) in [5.41, 5.74) is 2.39. The standard InChI is InChI=1S/C15H19N3OS/c1-16-15-4-2-3-13(17-15)14-10-18(6-7-19-14)9-12-5-8-20-11-12/h2-5,8,11,14H,6-7,9-10H2,1H3,(H,16,17)/t14-/m0/s1. The molecule has 1 aliphatic heterocycles. The van der Waals surface area contributed by atoms with Crippen LogP contribution in [0.15, 0.2) is 35.0 Å². The lowest BCUT2D eigenvalue weighted by atomic mass is 10.1. The van der Waals surface area contributed by atoms with Crippen LogP contribution in [0.25, 0.3) is 0 Å². The smallest absolute Gasteiger partial charge is 0.126 e. The Kier molecular flexibility index (Phi) is 4.30. The summed E-state index contributed by atoms with van der Waals surface area (Å²) in [7, 11) is 1.89. The minimum absolute atomic E-state index is 0.0654. The first-order chi connectivity index (χ1) is 9.85. The van der Waals surface area contributed by atoms with Crippen LogP contribution in [0.2, 0.25) is 0 Å². The van der Waals surface area contributed by atoms with E-state index in [1.807, 2.05) is 25.2 Å². The van der Waals surface area contributed by atoms with Gasteiger partial charge in [0.25, 0.3) is 0 Å². The van der Waals surface area contributed by atoms with E-state index in [2.05, 4.69) is 32.0 Å². The largest absolute Gasteiger partial charge is 0.373 e. The molecule has 1 saturated heterocycles. The predicted molar refractivity (Wildman–Crippen MR) is 82.1 cm³/mol. The lowest BCUT2D eigenvalue weighted by molar-refractivity contribution is -0.0348. The molecule has 4 nitrogen and oxygen atoms in total. The number of nitrogens with zero attached hydrogens (tertiary/aromatic N) is 2. The minimum Gasteiger partial charge on any atom is -0.373 e. The van der Waals surface area contributed by atoms with Gasteiger partial charge in [0, 0.05) is 26.7 Å². The molecule has 0 unspecified atom stereocenters. The van der Waals surface area contributed by atoms with Crippen molar-refractivity contribution in [3.8, 4) is 0 Å². The second-order valence-corrected chi connectivity index (χ2v) is 5.70. The van der Waals surface area contributed by atoms with Crippen molar-refractivity contribution in [3.05, 3.63) is 46.3 Å². The van der Waals surface area contributed by atoms with Gasteiger partial charge in [-0.2, -0.15) is 11.3 Å². The molecule has 0 aliphatic carbocycles. The van der Waals surface area contributed by atoms with E-state index in [0.717, 1.165) is 37.8 Å². The highest BCUT2D eigenvalue weighted by atomic mass is 32.1. The predicted octanol–water partition coefficient (Wildman–Crippen LogP) is 2.76. The van der Waals surface area contributed by atoms with Crippen molar-refractivity contribution in [1.82, 2.24) is 9.88 Å². The second-order valence-electron chi connectivity index (χ2n) is 4.92. The molecule has 5 heteroatoms. The lowest BCUT2D eigenvalue weighted by Gasteiger charge is -2.32. The molecular formula is C15H19N3OS. The highest BCUT2D eigenvalue weighted by Gasteiger charge is 2.23. The highest BCUT2D eigenvalue weighted by Crippen LogP contribution is 2.23. The number of morpholine rings is 1. The third kappa shape index (κ3) is 3.17. The molecule has 0 saturated carbocycles. The van der Waals surface area contributed by atoms with Gasteiger partial charge in [-0.1, -0.05) is 6.07 Å². The van der Waals surface area contributed by atoms with Crippen molar-refractivity contribution in [2.75, 3.05) is 32.1 Å². The maximum atomic E-state index is 5.88. The van der Waals surface area contributed by atoms with E-state index >= 15 is 0 Å². The highest BCUT2D eigenvalue weighted by molar-refractivity contribution is 7.07. The van der Waals surface area contributed by atoms with Crippen molar-refractivity contribution in [1.29, 1.82) is 0 Å². The number of nitrogens with one attached hydrogen (secondary N) is 1. The van der Waals surface area contributed by atoms with Crippen molar-refractivity contribution >= 4 is 17.2 Å². The van der Waals surface area contributed by atoms with Gasteiger partial charge in [0.15, 0.2) is 0 Å². The zero-order valence-corrected chi connectivity index (χ0v) is 12.4. The van der Waals surface area contributed by atoms with Crippen LogP contribution >= 0.6 is 11.3 Å². The van der Waals surface area contributed by atoms with E-state index in [-0.39, 0.29) is 6.10 Å². The Labute approximate surface area is 123 Å². The zero-order chi connectivity index (χ0) is 13.8. The van der Waals surface area contributed by atoms with Gasteiger partial charge >= 0.3 is 0 Å². The Morgan fingerprint density at radius 1 is 1.45 bits per heavy atom. The van der Waals surface area contributed by atoms with E-state index in [1.165, 1.54) is 5.56 Å². The summed E-state index contributed by atoms with van der Waals surface area (Å²) in [5.74, 6) is 0.890. The van der Waals surface area contributed by atoms with Gasteiger partial charge < -0.3 is 10.1 Å². The molecule has 2 aromatic heterocycles. The van der Waals surface area contributed by atoms with Gasteiger partial charge in [0.05, 0.1) is 12.3 Å². The van der Waals surface area contributed by atoms with Crippen LogP contribution in [0.4, 0.5) is 5.82 Å². The van der Waals surface area contributed by atoms with E-state index in [9.17, 15) is 0 Å². The molecule has 0 amide bonds. The molecule has 1 atom stereocenters. The Morgan fingerprint density at radius 2 is 2.40 bits per heavy atom. The Morgan fingerprint density at radius 3 is 3.20 bits per heavy atom. The molecule has 1 fully saturated rings. The average Bonchev–Trinajstić information content (AvgIpc) is 3.00. The van der Waals surface area contributed by atoms with Crippen molar-refractivity contribution in [3.63, 3.8) is 0 Å². The molecule has 0 radical (unpaired) electrons. The van der Waals surface area contributed by atoms with Crippen LogP contribution in [0.5, 0.6) is 0 Å². The molecule has 0 aromatic carbocycles. The van der Waals surface area contributed by atoms with Crippen LogP contribution in [-0.2, 0) is 11.3 Å². The first kappa shape index (κ1) is 13.5. The van der Waals surface area contributed by atoms with E-state index in [0.29, 0.717) is 0 Å². The van der Waals surface area contributed by atoms with Gasteiger partial charge in [0.1, 0.15) is 11.9 Å². The molecule has 2 aromatic rings. The Bertz CT molecular complexity index is 544. The van der Waals surface area contributed by atoms with Gasteiger partial charge in [0.2, 0.25) is 0 Å². The fraction of sp³-hybridized carbons (Fsp3) is 0.400. The fourth-order valence-corrected chi connectivity index (χ4v) is 3.10. The van der Waals surface area contributed by atoms with Crippen LogP contribution in [0.3, 0.4) is 0 Å². The molecule has 20 heavy (non-hydrogen) atoms. The van der Waals surface area contributed by atoms with E-state index < -0.39 is 0 Å². The summed E-state index contributed by atoms with van der Waals surface area (Å²) < 4.78 is 5.88. The normalized spacial score (nSPS) is 19.9. The minimum atomic E-state index is 0.0654. The van der Waals surface area contributed by atoms with Crippen LogP contribution < -0.4 is 5.32 Å². The van der Waals surface area contributed by atoms with E-state index in [4.69, 9.17) is 4.74 Å². The summed E-state index contributed by atoms with van der Waals surface area (Å²) in [4.78, 5) is 7.02. The number of pyridine rings is 1. The summed E-state index contributed by atoms with van der Waals surface area (Å²) in [5, 5.41) is 7.42. The summed E-state index contributed by atoms with van der Waals surface area (Å²) in [6, 6.07) is 8.22. The average molecular weight is 289 g/mol. The summed E-state index contributed by atoms with van der Waals surface area (Å²) in [6.45, 7) is 3.64. The zero-order valence-electron chi connectivity index (χ0n) is 11.6. The molecule has 0 spiro atoms. The molecule has 106 valence electrons. The lowest BCUT2D eigenvalue weighted by Crippen LogP contribution is -2.38. The SMILES string of the molecule is CNc1cccc([C@@H]2CN(Cc3ccsc3)CCO2)n1. The number of anilines is 1. The Balaban J connectivity index is 1.68. The number of hydrogen-bond acceptors (Lipinski definition) is 5. The monoisotopic (exact) mass is 289 g/mol. The van der Waals surface area contributed by atoms with Crippen LogP contribution in [0, 0.1) is 0 Å². The van der Waals surface area contributed by atoms with Gasteiger partial charge in [-0.3, -0.25) is 4.90 Å². The molecule has 1 aliphatic rings. The maximum Gasteiger partial charge on any atom is 0.126 e. The fourth-order valence-electron chi connectivity index (χ4n) is 2.44. The number of aromatic nitrogens is 1. The number of rotatable bonds is 4. The first-order valence-corrected chi connectivity index (χ1v) is 7.79. The molecule has 0 bridgehead atoms. The molecule has 3 heterocycles. The van der Waals surface area contributed by atoms with Gasteiger partial charge in [-0.25, -0.2) is 4.98 Å². The summed E-state index contributed by atoms with van der Waals surface area (Å²) >= 11 is 1.75. The third-order valence-electron chi connectivity index (χ3n) is 3.49. The number of hydrogen-bond donors (Lipinski definition) is 1. The number of thiophene rings is 1. The van der Waals surface area contributed by atoms with Crippen molar-refractivity contribution < 1.29 is 4.74 Å². The van der Waals surface area contributed by atoms with Crippen LogP contribution in [-0.4, -0.2) is 36.6 Å². The van der Waals surface area contributed by atoms with Gasteiger partial charge in [-0.05, 0) is 34.5 Å². The number of ether oxygens (including phenoxy) is 1. The summed E-state index contributed by atoms with van der Waals surface area (Å²) in [6.07, 6.45) is 0.0654. The van der Waals surface area contributed by atoms with Crippen molar-refractivity contribution in [2.24, 2.45) is 0 Å². The molecular weight excluding hydrogens is 270 g/mol. The maximum absolute atomic E-state index is 5.88. The van der Waals surface area contributed by atoms with Crippen molar-refractivity contribution in [2.45, 2.75) is 12.6 Å². The first-order valence-electron chi connectivity index (χ1n) is 6.85. The van der Waals surface area contributed by atoms with E-state index in [1.54, 1.807) is 11.3 Å². The molecule has 1 N–H and O–H groups in total. The third-order valence-corrected chi connectivity index (χ3v) is 4.23. The topological polar surface area (TPSA) is 37.4 Å². The Hall–Kier alpha value is -1.43. The molecule has 3 rings (SSSR count). The van der Waals surface area contributed by atoms with Gasteiger partial charge in [-0.15, -0.1) is 0 Å². The quantitative estimate of drug-likeness (QED) is 0.939. The second kappa shape index (κ2) is 6.35. The van der Waals surface area contributed by atoms with Crippen LogP contribution in [0.1, 0.15) is 17.4 Å².